The molecule has 0 aliphatic carbocycles. The molecule has 0 aromatic heterocycles. The van der Waals surface area contributed by atoms with Crippen LogP contribution in [0.25, 0.3) is 0 Å². The van der Waals surface area contributed by atoms with Crippen LogP contribution in [-0.4, -0.2) is 30.5 Å². The zero-order valence-electron chi connectivity index (χ0n) is 14.0. The number of hydrogen-bond donors (Lipinski definition) is 3. The Kier molecular flexibility index (Phi) is 7.29. The lowest BCUT2D eigenvalue weighted by Crippen LogP contribution is -2.48. The van der Waals surface area contributed by atoms with Gasteiger partial charge in [-0.2, -0.15) is 0 Å². The number of nitrogens with one attached hydrogen (secondary N) is 3. The van der Waals surface area contributed by atoms with Crippen molar-refractivity contribution < 1.29 is 9.18 Å². The molecule has 7 heteroatoms. The van der Waals surface area contributed by atoms with Crippen LogP contribution in [0.15, 0.2) is 23.2 Å². The highest BCUT2D eigenvalue weighted by atomic mass is 35.5. The topological polar surface area (TPSA) is 65.5 Å². The van der Waals surface area contributed by atoms with Gasteiger partial charge in [0.25, 0.3) is 0 Å². The molecule has 0 saturated heterocycles. The first-order valence-electron chi connectivity index (χ1n) is 7.48. The van der Waals surface area contributed by atoms with Gasteiger partial charge in [0.15, 0.2) is 5.96 Å². The minimum absolute atomic E-state index is 0.0696. The molecule has 0 spiro atoms. The zero-order chi connectivity index (χ0) is 17.5. The van der Waals surface area contributed by atoms with Crippen molar-refractivity contribution in [3.63, 3.8) is 0 Å². The lowest BCUT2D eigenvalue weighted by Gasteiger charge is -2.21. The number of guanidine groups is 1. The van der Waals surface area contributed by atoms with Crippen LogP contribution in [0.4, 0.5) is 4.39 Å². The third-order valence-corrected chi connectivity index (χ3v) is 2.97. The Hall–Kier alpha value is -1.82. The van der Waals surface area contributed by atoms with E-state index in [0.29, 0.717) is 19.0 Å². The summed E-state index contributed by atoms with van der Waals surface area (Å²) >= 11 is 5.75. The summed E-state index contributed by atoms with van der Waals surface area (Å²) in [7, 11) is 0. The Bertz CT molecular complexity index is 570. The van der Waals surface area contributed by atoms with Gasteiger partial charge in [0.2, 0.25) is 5.91 Å². The van der Waals surface area contributed by atoms with Crippen molar-refractivity contribution in [3.8, 4) is 0 Å². The lowest BCUT2D eigenvalue weighted by atomic mass is 10.1. The van der Waals surface area contributed by atoms with Gasteiger partial charge in [-0.15, -0.1) is 0 Å². The van der Waals surface area contributed by atoms with Crippen molar-refractivity contribution in [3.05, 3.63) is 34.6 Å². The van der Waals surface area contributed by atoms with E-state index in [-0.39, 0.29) is 23.0 Å². The maximum atomic E-state index is 13.1. The van der Waals surface area contributed by atoms with Crippen LogP contribution in [0.1, 0.15) is 33.3 Å². The monoisotopic (exact) mass is 342 g/mol. The summed E-state index contributed by atoms with van der Waals surface area (Å²) in [6.45, 7) is 8.80. The number of carbonyl (C=O) groups excluding carboxylic acids is 1. The number of rotatable bonds is 5. The van der Waals surface area contributed by atoms with Gasteiger partial charge in [-0.05, 0) is 45.4 Å². The molecule has 0 saturated carbocycles. The molecule has 23 heavy (non-hydrogen) atoms. The van der Waals surface area contributed by atoms with E-state index in [4.69, 9.17) is 11.6 Å². The van der Waals surface area contributed by atoms with E-state index < -0.39 is 5.82 Å². The molecule has 3 N–H and O–H groups in total. The molecule has 0 aliphatic heterocycles. The molecule has 1 aromatic carbocycles. The summed E-state index contributed by atoms with van der Waals surface area (Å²) in [5.74, 6) is -0.0618. The van der Waals surface area contributed by atoms with Gasteiger partial charge in [-0.25, -0.2) is 9.38 Å². The third-order valence-electron chi connectivity index (χ3n) is 2.68. The molecule has 0 radical (unpaired) electrons. The van der Waals surface area contributed by atoms with Gasteiger partial charge in [0, 0.05) is 12.1 Å². The molecule has 0 aliphatic rings. The van der Waals surface area contributed by atoms with Crippen LogP contribution in [0, 0.1) is 5.82 Å². The normalized spacial score (nSPS) is 12.0. The molecular formula is C16H24ClFN4O. The predicted octanol–water partition coefficient (Wildman–Crippen LogP) is 2.45. The Balaban J connectivity index is 2.62. The second kappa shape index (κ2) is 8.72. The molecule has 128 valence electrons. The van der Waals surface area contributed by atoms with E-state index in [9.17, 15) is 9.18 Å². The third kappa shape index (κ3) is 7.83. The first-order chi connectivity index (χ1) is 10.7. The van der Waals surface area contributed by atoms with Crippen molar-refractivity contribution in [2.45, 2.75) is 39.8 Å². The quantitative estimate of drug-likeness (QED) is 0.569. The van der Waals surface area contributed by atoms with Crippen LogP contribution in [0.3, 0.4) is 0 Å². The van der Waals surface area contributed by atoms with Crippen LogP contribution in [0.5, 0.6) is 0 Å². The van der Waals surface area contributed by atoms with Crippen molar-refractivity contribution in [2.24, 2.45) is 4.99 Å². The molecule has 1 amide bonds. The Morgan fingerprint density at radius 3 is 2.57 bits per heavy atom. The number of aliphatic imine (C=N–C) groups is 1. The summed E-state index contributed by atoms with van der Waals surface area (Å²) in [6.07, 6.45) is 0. The maximum absolute atomic E-state index is 13.1. The van der Waals surface area contributed by atoms with Crippen LogP contribution in [-0.2, 0) is 11.3 Å². The summed E-state index contributed by atoms with van der Waals surface area (Å²) in [5.41, 5.74) is 0.506. The second-order valence-corrected chi connectivity index (χ2v) is 6.50. The molecule has 0 unspecified atom stereocenters. The highest BCUT2D eigenvalue weighted by molar-refractivity contribution is 6.30. The first kappa shape index (κ1) is 19.2. The molecule has 1 aromatic rings. The number of carbonyl (C=O) groups is 1. The smallest absolute Gasteiger partial charge is 0.239 e. The van der Waals surface area contributed by atoms with Crippen molar-refractivity contribution >= 4 is 23.5 Å². The number of benzene rings is 1. The second-order valence-electron chi connectivity index (χ2n) is 6.10. The van der Waals surface area contributed by atoms with Crippen LogP contribution >= 0.6 is 11.6 Å². The van der Waals surface area contributed by atoms with Gasteiger partial charge in [-0.1, -0.05) is 17.7 Å². The van der Waals surface area contributed by atoms with E-state index in [1.165, 1.54) is 12.1 Å². The fourth-order valence-corrected chi connectivity index (χ4v) is 1.98. The lowest BCUT2D eigenvalue weighted by molar-refractivity contribution is -0.121. The number of hydrogen-bond acceptors (Lipinski definition) is 2. The highest BCUT2D eigenvalue weighted by Gasteiger charge is 2.13. The van der Waals surface area contributed by atoms with Gasteiger partial charge in [0.05, 0.1) is 18.1 Å². The summed E-state index contributed by atoms with van der Waals surface area (Å²) in [5, 5.41) is 8.94. The zero-order valence-corrected chi connectivity index (χ0v) is 14.7. The molecule has 0 heterocycles. The van der Waals surface area contributed by atoms with Gasteiger partial charge < -0.3 is 16.0 Å². The maximum Gasteiger partial charge on any atom is 0.239 e. The number of amides is 1. The van der Waals surface area contributed by atoms with E-state index in [1.807, 2.05) is 27.7 Å². The fourth-order valence-electron chi connectivity index (χ4n) is 1.78. The Morgan fingerprint density at radius 1 is 1.30 bits per heavy atom. The molecule has 5 nitrogen and oxygen atoms in total. The van der Waals surface area contributed by atoms with Gasteiger partial charge in [-0.3, -0.25) is 4.79 Å². The Labute approximate surface area is 141 Å². The van der Waals surface area contributed by atoms with Crippen molar-refractivity contribution in [1.82, 2.24) is 16.0 Å². The van der Waals surface area contributed by atoms with Crippen LogP contribution < -0.4 is 16.0 Å². The average molecular weight is 343 g/mol. The molecular weight excluding hydrogens is 319 g/mol. The predicted molar refractivity (Wildman–Crippen MR) is 92.1 cm³/mol. The van der Waals surface area contributed by atoms with E-state index in [1.54, 1.807) is 6.07 Å². The summed E-state index contributed by atoms with van der Waals surface area (Å²) in [4.78, 5) is 16.2. The molecule has 0 atom stereocenters. The summed E-state index contributed by atoms with van der Waals surface area (Å²) < 4.78 is 13.1. The minimum atomic E-state index is -0.455. The minimum Gasteiger partial charge on any atom is -0.357 e. The highest BCUT2D eigenvalue weighted by Crippen LogP contribution is 2.16. The van der Waals surface area contributed by atoms with E-state index in [0.717, 1.165) is 5.56 Å². The SMILES string of the molecule is CCNC(=NCc1ccc(F)c(Cl)c1)NCC(=O)NC(C)(C)C. The molecule has 0 fully saturated rings. The number of halogens is 2. The first-order valence-corrected chi connectivity index (χ1v) is 7.86. The van der Waals surface area contributed by atoms with Gasteiger partial charge >= 0.3 is 0 Å². The Morgan fingerprint density at radius 2 is 2.00 bits per heavy atom. The number of nitrogens with zero attached hydrogens (tertiary/aromatic N) is 1. The largest absolute Gasteiger partial charge is 0.357 e. The average Bonchev–Trinajstić information content (AvgIpc) is 2.43. The molecule has 0 bridgehead atoms. The fraction of sp³-hybridized carbons (Fsp3) is 0.500. The van der Waals surface area contributed by atoms with Crippen molar-refractivity contribution in [2.75, 3.05) is 13.1 Å². The van der Waals surface area contributed by atoms with E-state index in [2.05, 4.69) is 20.9 Å². The van der Waals surface area contributed by atoms with Crippen molar-refractivity contribution in [1.29, 1.82) is 0 Å². The van der Waals surface area contributed by atoms with E-state index >= 15 is 0 Å². The summed E-state index contributed by atoms with van der Waals surface area (Å²) in [6, 6.07) is 4.47. The standard InChI is InChI=1S/C16H24ClFN4O/c1-5-19-15(21-10-14(23)22-16(2,3)4)20-9-11-6-7-13(18)12(17)8-11/h6-8H,5,9-10H2,1-4H3,(H,22,23)(H2,19,20,21). The van der Waals surface area contributed by atoms with Crippen LogP contribution in [0.2, 0.25) is 5.02 Å². The molecule has 1 rings (SSSR count). The van der Waals surface area contributed by atoms with Gasteiger partial charge in [0.1, 0.15) is 5.82 Å².